The SMILES string of the molecule is Cc1ccc(S(=O)(=O)Nc2c([N+](=O)[O-])ccc(F)c2C(=O)O)cc1. The molecule has 2 rings (SSSR count). The Balaban J connectivity index is 2.63. The van der Waals surface area contributed by atoms with E-state index in [4.69, 9.17) is 5.11 Å². The largest absolute Gasteiger partial charge is 0.478 e. The van der Waals surface area contributed by atoms with Gasteiger partial charge >= 0.3 is 5.97 Å². The average Bonchev–Trinajstić information content (AvgIpc) is 2.46. The van der Waals surface area contributed by atoms with E-state index in [0.717, 1.165) is 5.56 Å². The molecule has 0 amide bonds. The summed E-state index contributed by atoms with van der Waals surface area (Å²) in [6, 6.07) is 6.74. The van der Waals surface area contributed by atoms with E-state index in [-0.39, 0.29) is 4.90 Å². The molecule has 10 heteroatoms. The molecule has 0 atom stereocenters. The Hall–Kier alpha value is -3.01. The smallest absolute Gasteiger partial charge is 0.341 e. The fourth-order valence-electron chi connectivity index (χ4n) is 1.94. The van der Waals surface area contributed by atoms with Gasteiger partial charge < -0.3 is 5.11 Å². The van der Waals surface area contributed by atoms with E-state index in [9.17, 15) is 27.7 Å². The zero-order valence-electron chi connectivity index (χ0n) is 12.2. The molecule has 0 aliphatic carbocycles. The number of sulfonamides is 1. The van der Waals surface area contributed by atoms with Gasteiger partial charge in [0, 0.05) is 6.07 Å². The maximum absolute atomic E-state index is 13.7. The molecule has 24 heavy (non-hydrogen) atoms. The molecule has 0 aliphatic heterocycles. The van der Waals surface area contributed by atoms with Gasteiger partial charge in [-0.2, -0.15) is 0 Å². The van der Waals surface area contributed by atoms with Crippen LogP contribution in [0.2, 0.25) is 0 Å². The second-order valence-corrected chi connectivity index (χ2v) is 6.48. The Kier molecular flexibility index (Phi) is 4.51. The summed E-state index contributed by atoms with van der Waals surface area (Å²) in [7, 11) is -4.34. The highest BCUT2D eigenvalue weighted by atomic mass is 32.2. The number of aromatic carboxylic acids is 1. The summed E-state index contributed by atoms with van der Waals surface area (Å²) >= 11 is 0. The number of hydrogen-bond acceptors (Lipinski definition) is 5. The van der Waals surface area contributed by atoms with Gasteiger partial charge in [0.15, 0.2) is 0 Å². The molecule has 0 unspecified atom stereocenters. The van der Waals surface area contributed by atoms with Crippen molar-refractivity contribution < 1.29 is 27.6 Å². The summed E-state index contributed by atoms with van der Waals surface area (Å²) < 4.78 is 40.2. The number of halogens is 1. The zero-order chi connectivity index (χ0) is 18.1. The molecular formula is C14H11FN2O6S. The summed E-state index contributed by atoms with van der Waals surface area (Å²) in [5, 5.41) is 20.1. The van der Waals surface area contributed by atoms with Crippen LogP contribution in [0.5, 0.6) is 0 Å². The topological polar surface area (TPSA) is 127 Å². The fraction of sp³-hybridized carbons (Fsp3) is 0.0714. The van der Waals surface area contributed by atoms with Gasteiger partial charge in [0.25, 0.3) is 15.7 Å². The van der Waals surface area contributed by atoms with Gasteiger partial charge in [0.2, 0.25) is 0 Å². The summed E-state index contributed by atoms with van der Waals surface area (Å²) in [6.45, 7) is 1.73. The molecule has 0 aromatic heterocycles. The summed E-state index contributed by atoms with van der Waals surface area (Å²) in [4.78, 5) is 21.0. The number of nitrogens with zero attached hydrogens (tertiary/aromatic N) is 1. The van der Waals surface area contributed by atoms with Crippen molar-refractivity contribution >= 4 is 27.4 Å². The quantitative estimate of drug-likeness (QED) is 0.627. The minimum absolute atomic E-state index is 0.247. The molecule has 0 radical (unpaired) electrons. The van der Waals surface area contributed by atoms with Gasteiger partial charge in [-0.25, -0.2) is 17.6 Å². The van der Waals surface area contributed by atoms with Crippen molar-refractivity contribution in [2.24, 2.45) is 0 Å². The van der Waals surface area contributed by atoms with Gasteiger partial charge in [-0.05, 0) is 25.1 Å². The van der Waals surface area contributed by atoms with Crippen molar-refractivity contribution in [3.63, 3.8) is 0 Å². The molecule has 2 aromatic rings. The first kappa shape index (κ1) is 17.3. The first-order valence-electron chi connectivity index (χ1n) is 6.43. The van der Waals surface area contributed by atoms with Gasteiger partial charge in [-0.1, -0.05) is 17.7 Å². The summed E-state index contributed by atoms with van der Waals surface area (Å²) in [6.07, 6.45) is 0. The van der Waals surface area contributed by atoms with E-state index in [1.165, 1.54) is 24.3 Å². The number of nitrogens with one attached hydrogen (secondary N) is 1. The number of hydrogen-bond donors (Lipinski definition) is 2. The molecule has 0 saturated heterocycles. The maximum Gasteiger partial charge on any atom is 0.341 e. The Morgan fingerprint density at radius 2 is 1.79 bits per heavy atom. The lowest BCUT2D eigenvalue weighted by Gasteiger charge is -2.11. The predicted molar refractivity (Wildman–Crippen MR) is 82.0 cm³/mol. The van der Waals surface area contributed by atoms with Crippen LogP contribution in [0.15, 0.2) is 41.3 Å². The van der Waals surface area contributed by atoms with Crippen LogP contribution >= 0.6 is 0 Å². The number of benzene rings is 2. The molecular weight excluding hydrogens is 343 g/mol. The maximum atomic E-state index is 13.7. The molecule has 0 bridgehead atoms. The first-order chi connectivity index (χ1) is 11.1. The van der Waals surface area contributed by atoms with E-state index < -0.39 is 43.7 Å². The number of nitro groups is 1. The van der Waals surface area contributed by atoms with Crippen molar-refractivity contribution in [3.8, 4) is 0 Å². The lowest BCUT2D eigenvalue weighted by Crippen LogP contribution is -2.18. The molecule has 2 N–H and O–H groups in total. The van der Waals surface area contributed by atoms with E-state index in [2.05, 4.69) is 0 Å². The highest BCUT2D eigenvalue weighted by Gasteiger charge is 2.29. The van der Waals surface area contributed by atoms with Crippen LogP contribution in [0.25, 0.3) is 0 Å². The second kappa shape index (κ2) is 6.24. The molecule has 0 spiro atoms. The Morgan fingerprint density at radius 3 is 2.29 bits per heavy atom. The monoisotopic (exact) mass is 354 g/mol. The predicted octanol–water partition coefficient (Wildman–Crippen LogP) is 2.54. The van der Waals surface area contributed by atoms with Crippen molar-refractivity contribution in [2.45, 2.75) is 11.8 Å². The third-order valence-electron chi connectivity index (χ3n) is 3.11. The third-order valence-corrected chi connectivity index (χ3v) is 4.48. The normalized spacial score (nSPS) is 11.1. The molecule has 0 fully saturated rings. The van der Waals surface area contributed by atoms with Crippen molar-refractivity contribution in [1.29, 1.82) is 0 Å². The number of rotatable bonds is 5. The number of carbonyl (C=O) groups is 1. The lowest BCUT2D eigenvalue weighted by molar-refractivity contribution is -0.384. The van der Waals surface area contributed by atoms with Crippen LogP contribution in [-0.4, -0.2) is 24.4 Å². The third kappa shape index (κ3) is 3.33. The zero-order valence-corrected chi connectivity index (χ0v) is 13.0. The highest BCUT2D eigenvalue weighted by molar-refractivity contribution is 7.92. The number of carboxylic acid groups (broad SMARTS) is 1. The van der Waals surface area contributed by atoms with E-state index >= 15 is 0 Å². The van der Waals surface area contributed by atoms with E-state index in [0.29, 0.717) is 12.1 Å². The van der Waals surface area contributed by atoms with E-state index in [1.54, 1.807) is 11.6 Å². The van der Waals surface area contributed by atoms with Gasteiger partial charge in [0.1, 0.15) is 17.1 Å². The minimum Gasteiger partial charge on any atom is -0.478 e. The summed E-state index contributed by atoms with van der Waals surface area (Å²) in [5.74, 6) is -3.13. The molecule has 0 saturated carbocycles. The van der Waals surface area contributed by atoms with Gasteiger partial charge in [-0.15, -0.1) is 0 Å². The number of aryl methyl sites for hydroxylation is 1. The standard InChI is InChI=1S/C14H11FN2O6S/c1-8-2-4-9(5-3-8)24(22,23)16-13-11(17(20)21)7-6-10(15)12(13)14(18)19/h2-7,16H,1H3,(H,18,19). The van der Waals surface area contributed by atoms with Crippen LogP contribution in [0, 0.1) is 22.9 Å². The van der Waals surface area contributed by atoms with Crippen LogP contribution in [-0.2, 0) is 10.0 Å². The average molecular weight is 354 g/mol. The highest BCUT2D eigenvalue weighted by Crippen LogP contribution is 2.32. The van der Waals surface area contributed by atoms with Crippen LogP contribution < -0.4 is 4.72 Å². The van der Waals surface area contributed by atoms with E-state index in [1.807, 2.05) is 0 Å². The molecule has 126 valence electrons. The summed E-state index contributed by atoms with van der Waals surface area (Å²) in [5.41, 5.74) is -2.16. The van der Waals surface area contributed by atoms with Crippen molar-refractivity contribution in [2.75, 3.05) is 4.72 Å². The van der Waals surface area contributed by atoms with Crippen LogP contribution in [0.3, 0.4) is 0 Å². The number of carboxylic acids is 1. The van der Waals surface area contributed by atoms with Gasteiger partial charge in [-0.3, -0.25) is 14.8 Å². The fourth-order valence-corrected chi connectivity index (χ4v) is 3.03. The van der Waals surface area contributed by atoms with Crippen LogP contribution in [0.1, 0.15) is 15.9 Å². The van der Waals surface area contributed by atoms with Crippen LogP contribution in [0.4, 0.5) is 15.8 Å². The number of nitro benzene ring substituents is 1. The Labute approximate surface area is 135 Å². The van der Waals surface area contributed by atoms with Gasteiger partial charge in [0.05, 0.1) is 9.82 Å². The Morgan fingerprint density at radius 1 is 1.21 bits per heavy atom. The lowest BCUT2D eigenvalue weighted by atomic mass is 10.1. The molecule has 2 aromatic carbocycles. The van der Waals surface area contributed by atoms with Crippen molar-refractivity contribution in [1.82, 2.24) is 0 Å². The second-order valence-electron chi connectivity index (χ2n) is 4.80. The number of anilines is 1. The molecule has 0 aliphatic rings. The Bertz CT molecular complexity index is 925. The van der Waals surface area contributed by atoms with Crippen molar-refractivity contribution in [3.05, 3.63) is 63.5 Å². The minimum atomic E-state index is -4.34. The molecule has 8 nitrogen and oxygen atoms in total. The molecule has 0 heterocycles. The first-order valence-corrected chi connectivity index (χ1v) is 7.91.